The molecule has 2 aromatic carbocycles. The van der Waals surface area contributed by atoms with Crippen LogP contribution in [0.4, 0.5) is 0 Å². The van der Waals surface area contributed by atoms with E-state index in [1.54, 1.807) is 0 Å². The molecule has 0 unspecified atom stereocenters. The van der Waals surface area contributed by atoms with Gasteiger partial charge >= 0.3 is 0 Å². The number of benzene rings is 2. The highest BCUT2D eigenvalue weighted by Gasteiger charge is 2.15. The Kier molecular flexibility index (Phi) is 33.3. The van der Waals surface area contributed by atoms with E-state index < -0.39 is 0 Å². The monoisotopic (exact) mass is 991 g/mol. The van der Waals surface area contributed by atoms with Crippen molar-refractivity contribution in [1.29, 1.82) is 0 Å². The van der Waals surface area contributed by atoms with Crippen LogP contribution in [-0.2, 0) is 6.42 Å². The summed E-state index contributed by atoms with van der Waals surface area (Å²) in [5, 5.41) is 23.0. The van der Waals surface area contributed by atoms with Crippen LogP contribution < -0.4 is 0 Å². The van der Waals surface area contributed by atoms with Gasteiger partial charge in [0, 0.05) is 16.3 Å². The zero-order valence-electron chi connectivity index (χ0n) is 49.4. The Balaban J connectivity index is 1.57. The molecule has 2 nitrogen and oxygen atoms in total. The van der Waals surface area contributed by atoms with E-state index in [4.69, 9.17) is 0 Å². The maximum atomic E-state index is 10.9. The second-order valence-electron chi connectivity index (χ2n) is 22.3. The zero-order chi connectivity index (χ0) is 54.0. The van der Waals surface area contributed by atoms with Crippen LogP contribution in [0, 0.1) is 6.92 Å². The van der Waals surface area contributed by atoms with Crippen LogP contribution in [0.15, 0.2) is 164 Å². The molecule has 2 rings (SSSR count). The summed E-state index contributed by atoms with van der Waals surface area (Å²) >= 11 is 0. The Bertz CT molecular complexity index is 2360. The first-order valence-corrected chi connectivity index (χ1v) is 28.6. The molecule has 0 aromatic heterocycles. The third-order valence-corrected chi connectivity index (χ3v) is 14.6. The van der Waals surface area contributed by atoms with Gasteiger partial charge in [0.2, 0.25) is 0 Å². The lowest BCUT2D eigenvalue weighted by Crippen LogP contribution is -1.92. The van der Waals surface area contributed by atoms with Gasteiger partial charge in [0.15, 0.2) is 0 Å². The van der Waals surface area contributed by atoms with Crippen LogP contribution in [0.2, 0.25) is 0 Å². The average molecular weight is 992 g/mol. The standard InChI is InChI=1S/C71H106O2/c1-54(2)28-17-29-55(3)30-18-31-56(4)32-19-33-57(5)34-20-35-58(6)36-21-37-59(7)38-22-39-60(8)40-23-41-61(9)42-24-43-62(10)44-25-45-63(11)46-26-47-64(12)48-27-49-65(13)52-53-67-66(14)70(72)68-50-15-16-51-69(68)71(67)73/h15-16,28,30,32,34,36,38,40,42,44,46,48,50-52,72-73H,17-27,29,31,33,35,37,39,41,43,45,47,49,53H2,1-14H3/b55-30+,56-32+,57-34+,58-36+,59-38+,60-40+,61-42+,62-44+,63-46+,64-48+,65-52+. The first-order valence-electron chi connectivity index (χ1n) is 28.6. The van der Waals surface area contributed by atoms with Crippen molar-refractivity contribution >= 4 is 10.8 Å². The largest absolute Gasteiger partial charge is 0.507 e. The van der Waals surface area contributed by atoms with Gasteiger partial charge in [-0.15, -0.1) is 0 Å². The summed E-state index contributed by atoms with van der Waals surface area (Å²) < 4.78 is 0. The lowest BCUT2D eigenvalue weighted by Gasteiger charge is -2.13. The van der Waals surface area contributed by atoms with E-state index in [1.165, 1.54) is 105 Å². The Morgan fingerprint density at radius 2 is 0.507 bits per heavy atom. The van der Waals surface area contributed by atoms with Crippen molar-refractivity contribution in [2.75, 3.05) is 0 Å². The maximum Gasteiger partial charge on any atom is 0.127 e. The minimum atomic E-state index is 0.267. The van der Waals surface area contributed by atoms with Gasteiger partial charge in [0.25, 0.3) is 0 Å². The molecule has 73 heavy (non-hydrogen) atoms. The van der Waals surface area contributed by atoms with Crippen LogP contribution in [0.1, 0.15) is 242 Å². The summed E-state index contributed by atoms with van der Waals surface area (Å²) in [5.74, 6) is 0.548. The van der Waals surface area contributed by atoms with Crippen LogP contribution in [0.5, 0.6) is 11.5 Å². The molecule has 0 spiro atoms. The molecule has 0 atom stereocenters. The van der Waals surface area contributed by atoms with Crippen molar-refractivity contribution in [3.05, 3.63) is 175 Å². The van der Waals surface area contributed by atoms with Gasteiger partial charge in [0.1, 0.15) is 11.5 Å². The number of rotatable bonds is 35. The first kappa shape index (κ1) is 64.3. The SMILES string of the molecule is CC(C)=CCC/C(C)=C/CC/C(C)=C/CC/C(C)=C/CC/C(C)=C/CC/C(C)=C/CC/C(C)=C/CC/C(C)=C/CC/C(C)=C/CC/C(C)=C/CC/C(C)=C/CC/C(C)=C/Cc1c(C)c(O)c2ccccc2c1O. The fourth-order valence-corrected chi connectivity index (χ4v) is 9.28. The predicted octanol–water partition coefficient (Wildman–Crippen LogP) is 23.1. The molecular weight excluding hydrogens is 885 g/mol. The van der Waals surface area contributed by atoms with Gasteiger partial charge < -0.3 is 10.2 Å². The topological polar surface area (TPSA) is 40.5 Å². The lowest BCUT2D eigenvalue weighted by atomic mass is 9.95. The molecule has 2 aromatic rings. The maximum absolute atomic E-state index is 10.9. The van der Waals surface area contributed by atoms with Gasteiger partial charge in [-0.1, -0.05) is 164 Å². The molecule has 2 heteroatoms. The van der Waals surface area contributed by atoms with E-state index in [2.05, 4.69) is 163 Å². The van der Waals surface area contributed by atoms with E-state index in [0.29, 0.717) is 17.2 Å². The summed E-state index contributed by atoms with van der Waals surface area (Å²) in [6.07, 6.45) is 54.6. The van der Waals surface area contributed by atoms with Crippen LogP contribution in [-0.4, -0.2) is 10.2 Å². The molecule has 2 N–H and O–H groups in total. The lowest BCUT2D eigenvalue weighted by molar-refractivity contribution is 0.461. The Labute approximate surface area is 450 Å². The van der Waals surface area contributed by atoms with E-state index in [-0.39, 0.29) is 11.5 Å². The van der Waals surface area contributed by atoms with Crippen LogP contribution in [0.25, 0.3) is 10.8 Å². The number of hydrogen-bond donors (Lipinski definition) is 2. The molecule has 0 radical (unpaired) electrons. The second kappa shape index (κ2) is 37.8. The average Bonchev–Trinajstić information content (AvgIpc) is 3.33. The van der Waals surface area contributed by atoms with Crippen molar-refractivity contribution in [3.63, 3.8) is 0 Å². The quantitative estimate of drug-likeness (QED) is 0.0534. The van der Waals surface area contributed by atoms with Crippen LogP contribution in [0.3, 0.4) is 0 Å². The predicted molar refractivity (Wildman–Crippen MR) is 328 cm³/mol. The molecule has 0 aliphatic heterocycles. The summed E-state index contributed by atoms with van der Waals surface area (Å²) in [7, 11) is 0. The van der Waals surface area contributed by atoms with Crippen molar-refractivity contribution < 1.29 is 10.2 Å². The number of fused-ring (bicyclic) bond motifs is 1. The molecule has 0 bridgehead atoms. The highest BCUT2D eigenvalue weighted by molar-refractivity contribution is 5.95. The normalized spacial score (nSPS) is 14.5. The number of allylic oxidation sites excluding steroid dienone is 24. The van der Waals surface area contributed by atoms with E-state index in [9.17, 15) is 10.2 Å². The number of hydrogen-bond acceptors (Lipinski definition) is 2. The third kappa shape index (κ3) is 30.2. The summed E-state index contributed by atoms with van der Waals surface area (Å²) in [6, 6.07) is 7.51. The summed E-state index contributed by atoms with van der Waals surface area (Å²) in [4.78, 5) is 0. The van der Waals surface area contributed by atoms with Crippen molar-refractivity contribution in [2.45, 2.75) is 245 Å². The highest BCUT2D eigenvalue weighted by Crippen LogP contribution is 2.39. The molecule has 0 amide bonds. The molecule has 0 fully saturated rings. The molecule has 0 aliphatic rings. The Hall–Kier alpha value is -4.82. The first-order chi connectivity index (χ1) is 34.9. The Morgan fingerprint density at radius 1 is 0.301 bits per heavy atom. The fraction of sp³-hybridized carbons (Fsp3) is 0.521. The van der Waals surface area contributed by atoms with Gasteiger partial charge in [-0.2, -0.15) is 0 Å². The zero-order valence-corrected chi connectivity index (χ0v) is 49.4. The molecular formula is C71H106O2. The van der Waals surface area contributed by atoms with Gasteiger partial charge in [-0.05, 0) is 250 Å². The van der Waals surface area contributed by atoms with E-state index >= 15 is 0 Å². The molecule has 0 saturated carbocycles. The minimum Gasteiger partial charge on any atom is -0.507 e. The number of aromatic hydroxyl groups is 2. The highest BCUT2D eigenvalue weighted by atomic mass is 16.3. The van der Waals surface area contributed by atoms with E-state index in [0.717, 1.165) is 114 Å². The van der Waals surface area contributed by atoms with Gasteiger partial charge in [-0.3, -0.25) is 0 Å². The summed E-state index contributed by atoms with van der Waals surface area (Å²) in [6.45, 7) is 31.4. The van der Waals surface area contributed by atoms with Gasteiger partial charge in [0.05, 0.1) is 0 Å². The van der Waals surface area contributed by atoms with Crippen molar-refractivity contribution in [3.8, 4) is 11.5 Å². The Morgan fingerprint density at radius 3 is 0.740 bits per heavy atom. The number of phenols is 2. The smallest absolute Gasteiger partial charge is 0.127 e. The third-order valence-electron chi connectivity index (χ3n) is 14.6. The molecule has 0 saturated heterocycles. The van der Waals surface area contributed by atoms with Gasteiger partial charge in [-0.25, -0.2) is 0 Å². The van der Waals surface area contributed by atoms with E-state index in [1.807, 2.05) is 31.2 Å². The second-order valence-corrected chi connectivity index (χ2v) is 22.3. The fourth-order valence-electron chi connectivity index (χ4n) is 9.28. The molecule has 0 heterocycles. The van der Waals surface area contributed by atoms with Crippen molar-refractivity contribution in [2.24, 2.45) is 0 Å². The number of phenolic OH excluding ortho intramolecular Hbond substituents is 2. The minimum absolute atomic E-state index is 0.267. The molecule has 0 aliphatic carbocycles. The summed E-state index contributed by atoms with van der Waals surface area (Å²) in [5.41, 5.74) is 19.4. The van der Waals surface area contributed by atoms with Crippen molar-refractivity contribution in [1.82, 2.24) is 0 Å². The van der Waals surface area contributed by atoms with Crippen LogP contribution >= 0.6 is 0 Å². The molecule has 402 valence electrons.